The average Bonchev–Trinajstić information content (AvgIpc) is 2.52. The second-order valence-electron chi connectivity index (χ2n) is 5.72. The van der Waals surface area contributed by atoms with E-state index < -0.39 is 0 Å². The fourth-order valence-electron chi connectivity index (χ4n) is 2.60. The second-order valence-corrected chi connectivity index (χ2v) is 5.72. The van der Waals surface area contributed by atoms with Gasteiger partial charge in [-0.15, -0.1) is 0 Å². The normalized spacial score (nSPS) is 15.9. The number of piperidine rings is 1. The topological polar surface area (TPSA) is 64.0 Å². The molecular weight excluding hydrogens is 278 g/mol. The van der Waals surface area contributed by atoms with Crippen LogP contribution < -0.4 is 9.64 Å². The van der Waals surface area contributed by atoms with E-state index in [-0.39, 0.29) is 6.10 Å². The minimum atomic E-state index is 0.189. The number of hydrogen-bond acceptors (Lipinski definition) is 6. The molecule has 1 saturated heterocycles. The Morgan fingerprint density at radius 3 is 2.55 bits per heavy atom. The van der Waals surface area contributed by atoms with Crippen molar-refractivity contribution in [1.29, 1.82) is 0 Å². The van der Waals surface area contributed by atoms with Gasteiger partial charge in [-0.05, 0) is 20.8 Å². The number of rotatable bonds is 3. The maximum Gasteiger partial charge on any atom is 0.235 e. The van der Waals surface area contributed by atoms with Crippen molar-refractivity contribution in [2.45, 2.75) is 39.7 Å². The van der Waals surface area contributed by atoms with E-state index in [4.69, 9.17) is 4.74 Å². The van der Waals surface area contributed by atoms with E-state index in [2.05, 4.69) is 24.8 Å². The first-order valence-electron chi connectivity index (χ1n) is 7.62. The van der Waals surface area contributed by atoms with Gasteiger partial charge < -0.3 is 9.64 Å². The lowest BCUT2D eigenvalue weighted by Gasteiger charge is -2.32. The summed E-state index contributed by atoms with van der Waals surface area (Å²) in [6.45, 7) is 7.71. The van der Waals surface area contributed by atoms with Crippen LogP contribution in [0.25, 0.3) is 0 Å². The molecule has 1 aliphatic rings. The Labute approximate surface area is 130 Å². The quantitative estimate of drug-likeness (QED) is 0.866. The van der Waals surface area contributed by atoms with Crippen LogP contribution in [0.15, 0.2) is 18.6 Å². The van der Waals surface area contributed by atoms with Crippen molar-refractivity contribution in [1.82, 2.24) is 19.9 Å². The standard InChI is InChI=1S/C16H21N5O/c1-11-8-15(19-10-18-11)21-6-4-14(5-7-21)22-16-13(3)17-9-12(2)20-16/h8-10,14H,4-7H2,1-3H3. The second kappa shape index (κ2) is 6.25. The lowest BCUT2D eigenvalue weighted by Crippen LogP contribution is -2.39. The van der Waals surface area contributed by atoms with Crippen LogP contribution in [-0.2, 0) is 0 Å². The Balaban J connectivity index is 1.61. The average molecular weight is 299 g/mol. The van der Waals surface area contributed by atoms with Crippen LogP contribution in [-0.4, -0.2) is 39.1 Å². The molecule has 0 radical (unpaired) electrons. The highest BCUT2D eigenvalue weighted by molar-refractivity contribution is 5.39. The highest BCUT2D eigenvalue weighted by atomic mass is 16.5. The van der Waals surface area contributed by atoms with Gasteiger partial charge in [-0.1, -0.05) is 0 Å². The molecule has 0 amide bonds. The molecule has 0 N–H and O–H groups in total. The van der Waals surface area contributed by atoms with Crippen molar-refractivity contribution in [3.63, 3.8) is 0 Å². The monoisotopic (exact) mass is 299 g/mol. The van der Waals surface area contributed by atoms with Gasteiger partial charge in [0.05, 0.1) is 11.4 Å². The van der Waals surface area contributed by atoms with E-state index in [9.17, 15) is 0 Å². The summed E-state index contributed by atoms with van der Waals surface area (Å²) < 4.78 is 6.04. The number of aryl methyl sites for hydroxylation is 3. The first kappa shape index (κ1) is 14.7. The Morgan fingerprint density at radius 1 is 1.05 bits per heavy atom. The van der Waals surface area contributed by atoms with Crippen molar-refractivity contribution in [2.24, 2.45) is 0 Å². The van der Waals surface area contributed by atoms with Gasteiger partial charge in [-0.2, -0.15) is 0 Å². The van der Waals surface area contributed by atoms with Gasteiger partial charge in [0.15, 0.2) is 0 Å². The van der Waals surface area contributed by atoms with Crippen LogP contribution in [0.2, 0.25) is 0 Å². The Hall–Kier alpha value is -2.24. The molecule has 0 aromatic carbocycles. The molecule has 0 aliphatic carbocycles. The Bertz CT molecular complexity index is 653. The van der Waals surface area contributed by atoms with E-state index in [1.165, 1.54) is 0 Å². The number of nitrogens with zero attached hydrogens (tertiary/aromatic N) is 5. The highest BCUT2D eigenvalue weighted by Crippen LogP contribution is 2.22. The van der Waals surface area contributed by atoms with Gasteiger partial charge >= 0.3 is 0 Å². The fraction of sp³-hybridized carbons (Fsp3) is 0.500. The summed E-state index contributed by atoms with van der Waals surface area (Å²) in [5.41, 5.74) is 2.72. The van der Waals surface area contributed by atoms with E-state index in [1.807, 2.05) is 26.8 Å². The molecule has 0 unspecified atom stereocenters. The van der Waals surface area contributed by atoms with E-state index in [0.717, 1.165) is 48.8 Å². The molecule has 0 spiro atoms. The Morgan fingerprint density at radius 2 is 1.82 bits per heavy atom. The molecule has 2 aromatic heterocycles. The summed E-state index contributed by atoms with van der Waals surface area (Å²) in [4.78, 5) is 19.5. The van der Waals surface area contributed by atoms with E-state index in [1.54, 1.807) is 12.5 Å². The van der Waals surface area contributed by atoms with Crippen molar-refractivity contribution < 1.29 is 4.74 Å². The molecule has 6 nitrogen and oxygen atoms in total. The molecule has 1 fully saturated rings. The third-order valence-corrected chi connectivity index (χ3v) is 3.87. The zero-order valence-electron chi connectivity index (χ0n) is 13.3. The molecule has 1 aliphatic heterocycles. The van der Waals surface area contributed by atoms with E-state index >= 15 is 0 Å². The predicted octanol–water partition coefficient (Wildman–Crippen LogP) is 2.24. The first-order valence-corrected chi connectivity index (χ1v) is 7.62. The zero-order valence-corrected chi connectivity index (χ0v) is 13.3. The lowest BCUT2D eigenvalue weighted by molar-refractivity contribution is 0.161. The SMILES string of the molecule is Cc1cc(N2CCC(Oc3nc(C)cnc3C)CC2)ncn1. The van der Waals surface area contributed by atoms with Gasteiger partial charge in [-0.3, -0.25) is 4.98 Å². The first-order chi connectivity index (χ1) is 10.6. The van der Waals surface area contributed by atoms with Crippen LogP contribution in [0, 0.1) is 20.8 Å². The van der Waals surface area contributed by atoms with Gasteiger partial charge in [0.2, 0.25) is 5.88 Å². The summed E-state index contributed by atoms with van der Waals surface area (Å²) >= 11 is 0. The van der Waals surface area contributed by atoms with Crippen molar-refractivity contribution in [3.05, 3.63) is 35.7 Å². The summed E-state index contributed by atoms with van der Waals surface area (Å²) in [6.07, 6.45) is 5.49. The molecule has 0 saturated carbocycles. The maximum absolute atomic E-state index is 6.04. The molecule has 116 valence electrons. The molecule has 3 rings (SSSR count). The number of hydrogen-bond donors (Lipinski definition) is 0. The number of ether oxygens (including phenoxy) is 1. The van der Waals surface area contributed by atoms with Crippen LogP contribution in [0.4, 0.5) is 5.82 Å². The summed E-state index contributed by atoms with van der Waals surface area (Å²) in [5, 5.41) is 0. The fourth-order valence-corrected chi connectivity index (χ4v) is 2.60. The van der Waals surface area contributed by atoms with Crippen LogP contribution in [0.1, 0.15) is 29.9 Å². The van der Waals surface area contributed by atoms with Crippen LogP contribution in [0.3, 0.4) is 0 Å². The molecule has 2 aromatic rings. The smallest absolute Gasteiger partial charge is 0.235 e. The molecule has 0 atom stereocenters. The number of aromatic nitrogens is 4. The van der Waals surface area contributed by atoms with Crippen molar-refractivity contribution in [3.8, 4) is 5.88 Å². The van der Waals surface area contributed by atoms with Crippen molar-refractivity contribution in [2.75, 3.05) is 18.0 Å². The predicted molar refractivity (Wildman–Crippen MR) is 84.1 cm³/mol. The van der Waals surface area contributed by atoms with Gasteiger partial charge in [0.25, 0.3) is 0 Å². The third kappa shape index (κ3) is 3.32. The van der Waals surface area contributed by atoms with Crippen molar-refractivity contribution >= 4 is 5.82 Å². The van der Waals surface area contributed by atoms with Gasteiger partial charge in [0.1, 0.15) is 18.2 Å². The van der Waals surface area contributed by atoms with Crippen LogP contribution in [0.5, 0.6) is 5.88 Å². The van der Waals surface area contributed by atoms with Gasteiger partial charge in [-0.25, -0.2) is 15.0 Å². The maximum atomic E-state index is 6.04. The Kier molecular flexibility index (Phi) is 4.18. The largest absolute Gasteiger partial charge is 0.473 e. The molecule has 0 bridgehead atoms. The third-order valence-electron chi connectivity index (χ3n) is 3.87. The zero-order chi connectivity index (χ0) is 15.5. The minimum absolute atomic E-state index is 0.189. The minimum Gasteiger partial charge on any atom is -0.473 e. The number of anilines is 1. The van der Waals surface area contributed by atoms with E-state index in [0.29, 0.717) is 5.88 Å². The lowest BCUT2D eigenvalue weighted by atomic mass is 10.1. The molecular formula is C16H21N5O. The van der Waals surface area contributed by atoms with Gasteiger partial charge in [0, 0.05) is 43.9 Å². The summed E-state index contributed by atoms with van der Waals surface area (Å²) in [7, 11) is 0. The molecule has 6 heteroatoms. The highest BCUT2D eigenvalue weighted by Gasteiger charge is 2.22. The molecule has 22 heavy (non-hydrogen) atoms. The summed E-state index contributed by atoms with van der Waals surface area (Å²) in [6, 6.07) is 2.03. The molecule has 3 heterocycles. The van der Waals surface area contributed by atoms with Crippen LogP contribution >= 0.6 is 0 Å². The summed E-state index contributed by atoms with van der Waals surface area (Å²) in [5.74, 6) is 1.66.